The van der Waals surface area contributed by atoms with Crippen molar-refractivity contribution in [1.29, 1.82) is 0 Å². The number of allylic oxidation sites excluding steroid dienone is 3. The SMILES string of the molecule is CC(C)C(C)NC(=O)/C=C/C=C/Cc1ccc2c(ccc3ccccc32)c1. The van der Waals surface area contributed by atoms with Crippen LogP contribution in [0.2, 0.25) is 0 Å². The minimum atomic E-state index is -0.0431. The molecule has 0 radical (unpaired) electrons. The fraction of sp³-hybridized carbons (Fsp3) is 0.240. The molecule has 1 unspecified atom stereocenters. The lowest BCUT2D eigenvalue weighted by Gasteiger charge is -2.15. The molecule has 1 atom stereocenters. The summed E-state index contributed by atoms with van der Waals surface area (Å²) in [6.07, 6.45) is 8.25. The lowest BCUT2D eigenvalue weighted by molar-refractivity contribution is -0.117. The van der Waals surface area contributed by atoms with Crippen LogP contribution in [0, 0.1) is 5.92 Å². The first-order valence-corrected chi connectivity index (χ1v) is 9.58. The molecular weight excluding hydrogens is 330 g/mol. The van der Waals surface area contributed by atoms with Crippen molar-refractivity contribution in [3.8, 4) is 0 Å². The van der Waals surface area contributed by atoms with Gasteiger partial charge in [0.2, 0.25) is 5.91 Å². The van der Waals surface area contributed by atoms with E-state index < -0.39 is 0 Å². The van der Waals surface area contributed by atoms with Gasteiger partial charge in [-0.2, -0.15) is 0 Å². The van der Waals surface area contributed by atoms with E-state index in [9.17, 15) is 4.79 Å². The van der Waals surface area contributed by atoms with Crippen molar-refractivity contribution in [2.45, 2.75) is 33.2 Å². The first-order chi connectivity index (χ1) is 13.0. The molecule has 0 saturated heterocycles. The smallest absolute Gasteiger partial charge is 0.244 e. The van der Waals surface area contributed by atoms with E-state index >= 15 is 0 Å². The summed E-state index contributed by atoms with van der Waals surface area (Å²) < 4.78 is 0. The Bertz CT molecular complexity index is 998. The predicted octanol–water partition coefficient (Wildman–Crippen LogP) is 5.81. The van der Waals surface area contributed by atoms with Crippen molar-refractivity contribution in [1.82, 2.24) is 5.32 Å². The minimum Gasteiger partial charge on any atom is -0.350 e. The Morgan fingerprint density at radius 2 is 1.67 bits per heavy atom. The maximum absolute atomic E-state index is 11.8. The van der Waals surface area contributed by atoms with Crippen LogP contribution < -0.4 is 5.32 Å². The summed E-state index contributed by atoms with van der Waals surface area (Å²) in [4.78, 5) is 11.8. The van der Waals surface area contributed by atoms with E-state index in [0.717, 1.165) is 6.42 Å². The molecule has 3 rings (SSSR count). The van der Waals surface area contributed by atoms with Crippen LogP contribution >= 0.6 is 0 Å². The highest BCUT2D eigenvalue weighted by molar-refractivity contribution is 6.07. The molecule has 0 saturated carbocycles. The monoisotopic (exact) mass is 357 g/mol. The van der Waals surface area contributed by atoms with Crippen molar-refractivity contribution < 1.29 is 4.79 Å². The molecule has 3 aromatic rings. The Labute approximate surface area is 161 Å². The van der Waals surface area contributed by atoms with E-state index in [1.54, 1.807) is 12.2 Å². The van der Waals surface area contributed by atoms with E-state index in [2.05, 4.69) is 79.8 Å². The number of hydrogen-bond acceptors (Lipinski definition) is 1. The number of nitrogens with one attached hydrogen (secondary N) is 1. The molecule has 0 aliphatic heterocycles. The molecular formula is C25H27NO. The number of hydrogen-bond donors (Lipinski definition) is 1. The van der Waals surface area contributed by atoms with E-state index in [4.69, 9.17) is 0 Å². The van der Waals surface area contributed by atoms with Crippen LogP contribution in [0.3, 0.4) is 0 Å². The maximum Gasteiger partial charge on any atom is 0.244 e. The van der Waals surface area contributed by atoms with Gasteiger partial charge < -0.3 is 5.32 Å². The molecule has 138 valence electrons. The van der Waals surface area contributed by atoms with Crippen LogP contribution in [0.1, 0.15) is 26.3 Å². The number of amides is 1. The van der Waals surface area contributed by atoms with E-state index in [0.29, 0.717) is 5.92 Å². The molecule has 27 heavy (non-hydrogen) atoms. The number of carbonyl (C=O) groups is 1. The average molecular weight is 357 g/mol. The summed E-state index contributed by atoms with van der Waals surface area (Å²) >= 11 is 0. The van der Waals surface area contributed by atoms with Crippen LogP contribution in [-0.4, -0.2) is 11.9 Å². The van der Waals surface area contributed by atoms with Crippen molar-refractivity contribution >= 4 is 27.5 Å². The van der Waals surface area contributed by atoms with Gasteiger partial charge in [-0.05, 0) is 46.4 Å². The summed E-state index contributed by atoms with van der Waals surface area (Å²) in [7, 11) is 0. The number of benzene rings is 3. The maximum atomic E-state index is 11.8. The lowest BCUT2D eigenvalue weighted by atomic mass is 9.99. The van der Waals surface area contributed by atoms with Gasteiger partial charge >= 0.3 is 0 Å². The summed E-state index contributed by atoms with van der Waals surface area (Å²) in [5.41, 5.74) is 1.26. The van der Waals surface area contributed by atoms with Gasteiger partial charge in [0.05, 0.1) is 0 Å². The van der Waals surface area contributed by atoms with E-state index in [1.165, 1.54) is 27.1 Å². The van der Waals surface area contributed by atoms with Crippen LogP contribution in [0.15, 0.2) is 78.9 Å². The van der Waals surface area contributed by atoms with Gasteiger partial charge in [0, 0.05) is 12.1 Å². The second-order valence-corrected chi connectivity index (χ2v) is 7.37. The first kappa shape index (κ1) is 18.9. The third-order valence-electron chi connectivity index (χ3n) is 5.03. The van der Waals surface area contributed by atoms with Crippen molar-refractivity contribution in [2.24, 2.45) is 5.92 Å². The van der Waals surface area contributed by atoms with Crippen LogP contribution in [0.5, 0.6) is 0 Å². The number of fused-ring (bicyclic) bond motifs is 3. The molecule has 2 nitrogen and oxygen atoms in total. The van der Waals surface area contributed by atoms with Gasteiger partial charge in [-0.1, -0.05) is 86.7 Å². The zero-order valence-corrected chi connectivity index (χ0v) is 16.3. The van der Waals surface area contributed by atoms with Gasteiger partial charge in [0.25, 0.3) is 0 Å². The molecule has 0 heterocycles. The first-order valence-electron chi connectivity index (χ1n) is 9.58. The Morgan fingerprint density at radius 3 is 2.48 bits per heavy atom. The molecule has 1 amide bonds. The van der Waals surface area contributed by atoms with Gasteiger partial charge in [0.1, 0.15) is 0 Å². The highest BCUT2D eigenvalue weighted by Gasteiger charge is 2.07. The molecule has 1 N–H and O–H groups in total. The van der Waals surface area contributed by atoms with Gasteiger partial charge in [-0.3, -0.25) is 4.79 Å². The Balaban J connectivity index is 1.63. The highest BCUT2D eigenvalue weighted by atomic mass is 16.1. The second-order valence-electron chi connectivity index (χ2n) is 7.37. The van der Waals surface area contributed by atoms with E-state index in [1.807, 2.05) is 13.0 Å². The van der Waals surface area contributed by atoms with Crippen LogP contribution in [-0.2, 0) is 11.2 Å². The van der Waals surface area contributed by atoms with Gasteiger partial charge in [-0.25, -0.2) is 0 Å². The summed E-state index contributed by atoms with van der Waals surface area (Å²) in [5.74, 6) is 0.390. The minimum absolute atomic E-state index is 0.0431. The Kier molecular flexibility index (Phi) is 6.08. The van der Waals surface area contributed by atoms with Gasteiger partial charge in [0.15, 0.2) is 0 Å². The summed E-state index contributed by atoms with van der Waals surface area (Å²) in [5, 5.41) is 8.08. The highest BCUT2D eigenvalue weighted by Crippen LogP contribution is 2.26. The van der Waals surface area contributed by atoms with Crippen LogP contribution in [0.4, 0.5) is 0 Å². The van der Waals surface area contributed by atoms with Crippen molar-refractivity contribution in [3.05, 3.63) is 84.5 Å². The zero-order valence-electron chi connectivity index (χ0n) is 16.3. The molecule has 2 heteroatoms. The number of rotatable bonds is 6. The molecule has 0 aliphatic rings. The molecule has 0 spiro atoms. The Morgan fingerprint density at radius 1 is 0.926 bits per heavy atom. The quantitative estimate of drug-likeness (QED) is 0.337. The van der Waals surface area contributed by atoms with Crippen molar-refractivity contribution in [3.63, 3.8) is 0 Å². The zero-order chi connectivity index (χ0) is 19.2. The lowest BCUT2D eigenvalue weighted by Crippen LogP contribution is -2.34. The summed E-state index contributed by atoms with van der Waals surface area (Å²) in [6, 6.07) is 19.7. The van der Waals surface area contributed by atoms with Crippen LogP contribution in [0.25, 0.3) is 21.5 Å². The Hall–Kier alpha value is -2.87. The van der Waals surface area contributed by atoms with Crippen molar-refractivity contribution in [2.75, 3.05) is 0 Å². The average Bonchev–Trinajstić information content (AvgIpc) is 2.67. The van der Waals surface area contributed by atoms with E-state index in [-0.39, 0.29) is 11.9 Å². The molecule has 0 aromatic heterocycles. The third-order valence-corrected chi connectivity index (χ3v) is 5.03. The molecule has 0 fully saturated rings. The predicted molar refractivity (Wildman–Crippen MR) is 116 cm³/mol. The topological polar surface area (TPSA) is 29.1 Å². The normalized spacial score (nSPS) is 13.2. The van der Waals surface area contributed by atoms with Gasteiger partial charge in [-0.15, -0.1) is 0 Å². The fourth-order valence-electron chi connectivity index (χ4n) is 3.05. The molecule has 0 bridgehead atoms. The molecule has 3 aromatic carbocycles. The number of carbonyl (C=O) groups excluding carboxylic acids is 1. The largest absolute Gasteiger partial charge is 0.350 e. The third kappa shape index (κ3) is 4.85. The molecule has 0 aliphatic carbocycles. The second kappa shape index (κ2) is 8.68. The fourth-order valence-corrected chi connectivity index (χ4v) is 3.05. The standard InChI is InChI=1S/C25H27NO/c1-18(2)19(3)26-25(27)12-6-4-5-9-20-13-16-24-22(17-20)15-14-21-10-7-8-11-23(21)24/h4-8,10-19H,9H2,1-3H3,(H,26,27)/b5-4+,12-6+. The summed E-state index contributed by atoms with van der Waals surface area (Å²) in [6.45, 7) is 6.22.